The van der Waals surface area contributed by atoms with Crippen LogP contribution in [0, 0.1) is 0 Å². The third-order valence-corrected chi connectivity index (χ3v) is 1.91. The van der Waals surface area contributed by atoms with E-state index in [1.165, 1.54) is 4.90 Å². The fourth-order valence-electron chi connectivity index (χ4n) is 1.03. The van der Waals surface area contributed by atoms with Gasteiger partial charge in [-0.25, -0.2) is 0 Å². The van der Waals surface area contributed by atoms with Gasteiger partial charge in [0.05, 0.1) is 13.0 Å². The Morgan fingerprint density at radius 2 is 2.00 bits per heavy atom. The Morgan fingerprint density at radius 1 is 1.47 bits per heavy atom. The summed E-state index contributed by atoms with van der Waals surface area (Å²) in [6.07, 6.45) is -5.08. The summed E-state index contributed by atoms with van der Waals surface area (Å²) in [5, 5.41) is 11.0. The summed E-state index contributed by atoms with van der Waals surface area (Å²) in [5.41, 5.74) is 5.23. The molecule has 7 heteroatoms. The number of nitrogens with two attached hydrogens (primary N) is 1. The summed E-state index contributed by atoms with van der Waals surface area (Å²) in [7, 11) is 0. The maximum atomic E-state index is 12.0. The molecule has 0 saturated heterocycles. The summed E-state index contributed by atoms with van der Waals surface area (Å²) in [6.45, 7) is 3.38. The largest absolute Gasteiger partial charge is 0.409 e. The fraction of sp³-hybridized carbons (Fsp3) is 0.875. The third kappa shape index (κ3) is 7.01. The van der Waals surface area contributed by atoms with Gasteiger partial charge in [0.25, 0.3) is 0 Å². The molecule has 0 fully saturated rings. The van der Waals surface area contributed by atoms with Crippen molar-refractivity contribution in [3.63, 3.8) is 0 Å². The highest BCUT2D eigenvalue weighted by Gasteiger charge is 2.28. The highest BCUT2D eigenvalue weighted by atomic mass is 19.4. The molecule has 0 aliphatic heterocycles. The molecule has 0 saturated carbocycles. The number of hydrogen-bond acceptors (Lipinski definition) is 3. The van der Waals surface area contributed by atoms with Gasteiger partial charge in [0.15, 0.2) is 5.84 Å². The van der Waals surface area contributed by atoms with Crippen LogP contribution in [-0.2, 0) is 0 Å². The molecule has 0 amide bonds. The fourth-order valence-corrected chi connectivity index (χ4v) is 1.03. The zero-order valence-corrected chi connectivity index (χ0v) is 8.75. The highest BCUT2D eigenvalue weighted by molar-refractivity contribution is 5.81. The number of rotatable bonds is 5. The quantitative estimate of drug-likeness (QED) is 0.323. The van der Waals surface area contributed by atoms with Gasteiger partial charge in [-0.2, -0.15) is 13.2 Å². The second-order valence-electron chi connectivity index (χ2n) is 3.52. The maximum Gasteiger partial charge on any atom is 0.390 e. The van der Waals surface area contributed by atoms with Crippen molar-refractivity contribution in [2.24, 2.45) is 10.9 Å². The molecule has 90 valence electrons. The Labute approximate surface area is 86.5 Å². The minimum absolute atomic E-state index is 0.0320. The molecule has 0 heterocycles. The number of alkyl halides is 3. The lowest BCUT2D eigenvalue weighted by Crippen LogP contribution is -2.40. The van der Waals surface area contributed by atoms with E-state index in [0.29, 0.717) is 0 Å². The van der Waals surface area contributed by atoms with Crippen molar-refractivity contribution in [3.05, 3.63) is 0 Å². The molecule has 0 aromatic heterocycles. The minimum Gasteiger partial charge on any atom is -0.409 e. The second-order valence-corrected chi connectivity index (χ2v) is 3.52. The first kappa shape index (κ1) is 14.0. The lowest BCUT2D eigenvalue weighted by atomic mass is 10.2. The van der Waals surface area contributed by atoms with Crippen LogP contribution >= 0.6 is 0 Å². The van der Waals surface area contributed by atoms with Gasteiger partial charge in [0, 0.05) is 12.6 Å². The van der Waals surface area contributed by atoms with Crippen molar-refractivity contribution in [3.8, 4) is 0 Å². The summed E-state index contributed by atoms with van der Waals surface area (Å²) in [4.78, 5) is 1.49. The van der Waals surface area contributed by atoms with Crippen LogP contribution in [0.15, 0.2) is 5.16 Å². The highest BCUT2D eigenvalue weighted by Crippen LogP contribution is 2.20. The number of oxime groups is 1. The van der Waals surface area contributed by atoms with E-state index >= 15 is 0 Å². The molecule has 4 nitrogen and oxygen atoms in total. The van der Waals surface area contributed by atoms with E-state index in [1.807, 2.05) is 0 Å². The average molecular weight is 227 g/mol. The van der Waals surface area contributed by atoms with Crippen LogP contribution in [0.4, 0.5) is 13.2 Å². The van der Waals surface area contributed by atoms with Crippen molar-refractivity contribution >= 4 is 5.84 Å². The van der Waals surface area contributed by atoms with Crippen LogP contribution in [0.5, 0.6) is 0 Å². The number of halogens is 3. The topological polar surface area (TPSA) is 61.8 Å². The van der Waals surface area contributed by atoms with Gasteiger partial charge in [-0.05, 0) is 13.8 Å². The molecule has 0 radical (unpaired) electrons. The van der Waals surface area contributed by atoms with E-state index in [-0.39, 0.29) is 25.0 Å². The Bertz CT molecular complexity index is 216. The lowest BCUT2D eigenvalue weighted by Gasteiger charge is -2.25. The van der Waals surface area contributed by atoms with E-state index in [4.69, 9.17) is 10.9 Å². The SMILES string of the molecule is CC(C)N(CCC(F)(F)F)CC(N)=NO. The summed E-state index contributed by atoms with van der Waals surface area (Å²) in [6, 6.07) is -0.0901. The van der Waals surface area contributed by atoms with E-state index < -0.39 is 12.6 Å². The molecule has 0 rings (SSSR count). The van der Waals surface area contributed by atoms with Crippen molar-refractivity contribution in [1.82, 2.24) is 4.90 Å². The molecule has 0 atom stereocenters. The second kappa shape index (κ2) is 5.79. The normalized spacial score (nSPS) is 13.9. The monoisotopic (exact) mass is 227 g/mol. The first-order chi connectivity index (χ1) is 6.76. The van der Waals surface area contributed by atoms with Crippen LogP contribution in [0.3, 0.4) is 0 Å². The van der Waals surface area contributed by atoms with Crippen molar-refractivity contribution in [1.29, 1.82) is 0 Å². The van der Waals surface area contributed by atoms with Crippen LogP contribution < -0.4 is 5.73 Å². The van der Waals surface area contributed by atoms with Crippen LogP contribution in [0.1, 0.15) is 20.3 Å². The van der Waals surface area contributed by atoms with Gasteiger partial charge in [0.1, 0.15) is 0 Å². The lowest BCUT2D eigenvalue weighted by molar-refractivity contribution is -0.138. The van der Waals surface area contributed by atoms with Crippen LogP contribution in [-0.4, -0.2) is 41.3 Å². The predicted octanol–water partition coefficient (Wildman–Crippen LogP) is 1.40. The summed E-state index contributed by atoms with van der Waals surface area (Å²) in [5.74, 6) is -0.0918. The van der Waals surface area contributed by atoms with Gasteiger partial charge >= 0.3 is 6.18 Å². The zero-order valence-electron chi connectivity index (χ0n) is 8.75. The number of nitrogens with zero attached hydrogens (tertiary/aromatic N) is 2. The van der Waals surface area contributed by atoms with E-state index in [2.05, 4.69) is 5.16 Å². The molecule has 0 spiro atoms. The predicted molar refractivity (Wildman–Crippen MR) is 50.8 cm³/mol. The molecule has 0 aromatic carbocycles. The molecule has 0 unspecified atom stereocenters. The Hall–Kier alpha value is -0.980. The van der Waals surface area contributed by atoms with Crippen molar-refractivity contribution in [2.75, 3.05) is 13.1 Å². The Balaban J connectivity index is 4.18. The third-order valence-electron chi connectivity index (χ3n) is 1.91. The molecule has 0 bridgehead atoms. The molecule has 0 aliphatic carbocycles. The molecule has 3 N–H and O–H groups in total. The van der Waals surface area contributed by atoms with Gasteiger partial charge in [-0.3, -0.25) is 4.90 Å². The first-order valence-electron chi connectivity index (χ1n) is 4.53. The van der Waals surface area contributed by atoms with Crippen molar-refractivity contribution < 1.29 is 18.4 Å². The minimum atomic E-state index is -4.18. The molecular weight excluding hydrogens is 211 g/mol. The molecule has 15 heavy (non-hydrogen) atoms. The first-order valence-corrected chi connectivity index (χ1v) is 4.53. The van der Waals surface area contributed by atoms with Gasteiger partial charge in [0.2, 0.25) is 0 Å². The van der Waals surface area contributed by atoms with E-state index in [1.54, 1.807) is 13.8 Å². The van der Waals surface area contributed by atoms with Crippen molar-refractivity contribution in [2.45, 2.75) is 32.5 Å². The standard InChI is InChI=1S/C8H16F3N3O/c1-6(2)14(5-7(12)13-15)4-3-8(9,10)11/h6,15H,3-5H2,1-2H3,(H2,12,13). The van der Waals surface area contributed by atoms with Gasteiger partial charge < -0.3 is 10.9 Å². The number of amidine groups is 1. The van der Waals surface area contributed by atoms with Gasteiger partial charge in [-0.1, -0.05) is 5.16 Å². The summed E-state index contributed by atoms with van der Waals surface area (Å²) < 4.78 is 35.9. The van der Waals surface area contributed by atoms with E-state index in [9.17, 15) is 13.2 Å². The molecule has 0 aromatic rings. The Morgan fingerprint density at radius 3 is 2.33 bits per heavy atom. The Kier molecular flexibility index (Phi) is 5.41. The zero-order chi connectivity index (χ0) is 12.1. The summed E-state index contributed by atoms with van der Waals surface area (Å²) >= 11 is 0. The van der Waals surface area contributed by atoms with Crippen LogP contribution in [0.2, 0.25) is 0 Å². The smallest absolute Gasteiger partial charge is 0.390 e. The molecular formula is C8H16F3N3O. The van der Waals surface area contributed by atoms with E-state index in [0.717, 1.165) is 0 Å². The maximum absolute atomic E-state index is 12.0. The van der Waals surface area contributed by atoms with Gasteiger partial charge in [-0.15, -0.1) is 0 Å². The molecule has 0 aliphatic rings. The average Bonchev–Trinajstić information content (AvgIpc) is 2.09. The number of hydrogen-bond donors (Lipinski definition) is 2. The van der Waals surface area contributed by atoms with Crippen LogP contribution in [0.25, 0.3) is 0 Å².